The molecule has 0 unspecified atom stereocenters. The second kappa shape index (κ2) is 6.17. The van der Waals surface area contributed by atoms with Crippen LogP contribution < -0.4 is 4.72 Å². The SMILES string of the molecule is CCn1cnc2c([N+](=O)[O-])c(NS(=O)(=O)c3ccc(C)cc3)ccc21. The minimum atomic E-state index is -3.94. The van der Waals surface area contributed by atoms with Crippen molar-refractivity contribution in [2.45, 2.75) is 25.3 Å². The lowest BCUT2D eigenvalue weighted by Crippen LogP contribution is -2.14. The number of sulfonamides is 1. The summed E-state index contributed by atoms with van der Waals surface area (Å²) in [4.78, 5) is 15.0. The van der Waals surface area contributed by atoms with Crippen molar-refractivity contribution in [3.63, 3.8) is 0 Å². The number of hydrogen-bond acceptors (Lipinski definition) is 5. The molecule has 0 fully saturated rings. The molecule has 0 radical (unpaired) electrons. The maximum absolute atomic E-state index is 12.5. The van der Waals surface area contributed by atoms with Gasteiger partial charge >= 0.3 is 5.69 Å². The molecule has 8 nitrogen and oxygen atoms in total. The Morgan fingerprint density at radius 3 is 2.48 bits per heavy atom. The third-order valence-corrected chi connectivity index (χ3v) is 5.25. The number of imidazole rings is 1. The fourth-order valence-electron chi connectivity index (χ4n) is 2.56. The number of benzene rings is 2. The third-order valence-electron chi connectivity index (χ3n) is 3.86. The molecule has 0 saturated heterocycles. The Morgan fingerprint density at radius 1 is 1.20 bits per heavy atom. The van der Waals surface area contributed by atoms with Gasteiger partial charge in [-0.1, -0.05) is 17.7 Å². The summed E-state index contributed by atoms with van der Waals surface area (Å²) in [5, 5.41) is 11.5. The maximum Gasteiger partial charge on any atom is 0.320 e. The molecule has 0 atom stereocenters. The lowest BCUT2D eigenvalue weighted by Gasteiger charge is -2.09. The number of hydrogen-bond donors (Lipinski definition) is 1. The van der Waals surface area contributed by atoms with Gasteiger partial charge in [0.05, 0.1) is 21.7 Å². The smallest absolute Gasteiger partial charge is 0.320 e. The quantitative estimate of drug-likeness (QED) is 0.556. The zero-order chi connectivity index (χ0) is 18.2. The molecule has 2 aromatic carbocycles. The van der Waals surface area contributed by atoms with Crippen LogP contribution in [0.1, 0.15) is 12.5 Å². The Labute approximate surface area is 144 Å². The second-order valence-electron chi connectivity index (χ2n) is 5.54. The average molecular weight is 360 g/mol. The van der Waals surface area contributed by atoms with E-state index in [2.05, 4.69) is 9.71 Å². The van der Waals surface area contributed by atoms with Crippen LogP contribution in [0.15, 0.2) is 47.6 Å². The summed E-state index contributed by atoms with van der Waals surface area (Å²) in [6.45, 7) is 4.33. The average Bonchev–Trinajstić information content (AvgIpc) is 2.97. The highest BCUT2D eigenvalue weighted by atomic mass is 32.2. The van der Waals surface area contributed by atoms with Gasteiger partial charge in [-0.25, -0.2) is 13.4 Å². The Balaban J connectivity index is 2.11. The van der Waals surface area contributed by atoms with Crippen molar-refractivity contribution >= 4 is 32.4 Å². The Bertz CT molecular complexity index is 1060. The first-order chi connectivity index (χ1) is 11.8. The van der Waals surface area contributed by atoms with Gasteiger partial charge in [0.25, 0.3) is 10.0 Å². The third kappa shape index (κ3) is 3.05. The normalized spacial score (nSPS) is 11.6. The van der Waals surface area contributed by atoms with Crippen LogP contribution in [-0.4, -0.2) is 22.9 Å². The van der Waals surface area contributed by atoms with Crippen LogP contribution in [0.2, 0.25) is 0 Å². The van der Waals surface area contributed by atoms with Gasteiger partial charge in [-0.3, -0.25) is 14.8 Å². The van der Waals surface area contributed by atoms with Gasteiger partial charge in [0.1, 0.15) is 5.69 Å². The van der Waals surface area contributed by atoms with Crippen molar-refractivity contribution in [2.24, 2.45) is 0 Å². The number of nitro groups is 1. The predicted molar refractivity (Wildman–Crippen MR) is 94.0 cm³/mol. The van der Waals surface area contributed by atoms with Gasteiger partial charge in [0, 0.05) is 6.54 Å². The molecule has 1 aromatic heterocycles. The van der Waals surface area contributed by atoms with Crippen molar-refractivity contribution < 1.29 is 13.3 Å². The van der Waals surface area contributed by atoms with E-state index in [9.17, 15) is 18.5 Å². The number of aromatic nitrogens is 2. The first kappa shape index (κ1) is 16.9. The first-order valence-electron chi connectivity index (χ1n) is 7.55. The van der Waals surface area contributed by atoms with Gasteiger partial charge in [0.15, 0.2) is 5.52 Å². The standard InChI is InChI=1S/C16H16N4O4S/c1-3-19-10-17-15-14(19)9-8-13(16(15)20(21)22)18-25(23,24)12-6-4-11(2)5-7-12/h4-10,18H,3H2,1-2H3. The summed E-state index contributed by atoms with van der Waals surface area (Å²) in [6, 6.07) is 9.23. The summed E-state index contributed by atoms with van der Waals surface area (Å²) in [5.41, 5.74) is 1.17. The lowest BCUT2D eigenvalue weighted by molar-refractivity contribution is -0.382. The van der Waals surface area contributed by atoms with Gasteiger partial charge in [0.2, 0.25) is 0 Å². The molecule has 0 bridgehead atoms. The topological polar surface area (TPSA) is 107 Å². The molecule has 0 saturated carbocycles. The van der Waals surface area contributed by atoms with Gasteiger partial charge < -0.3 is 4.57 Å². The van der Waals surface area contributed by atoms with Crippen molar-refractivity contribution in [1.82, 2.24) is 9.55 Å². The molecule has 130 valence electrons. The van der Waals surface area contributed by atoms with Gasteiger partial charge in [-0.2, -0.15) is 0 Å². The summed E-state index contributed by atoms with van der Waals surface area (Å²) < 4.78 is 29.1. The molecule has 0 amide bonds. The van der Waals surface area contributed by atoms with Crippen LogP contribution in [0.3, 0.4) is 0 Å². The number of fused-ring (bicyclic) bond motifs is 1. The van der Waals surface area contributed by atoms with E-state index in [-0.39, 0.29) is 21.8 Å². The van der Waals surface area contributed by atoms with Crippen molar-refractivity contribution in [3.8, 4) is 0 Å². The van der Waals surface area contributed by atoms with Crippen molar-refractivity contribution in [1.29, 1.82) is 0 Å². The van der Waals surface area contributed by atoms with E-state index < -0.39 is 14.9 Å². The minimum absolute atomic E-state index is 0.0339. The molecule has 0 spiro atoms. The molecule has 1 heterocycles. The number of nitrogens with one attached hydrogen (secondary N) is 1. The van der Waals surface area contributed by atoms with Crippen LogP contribution in [0, 0.1) is 17.0 Å². The van der Waals surface area contributed by atoms with Crippen LogP contribution in [0.25, 0.3) is 11.0 Å². The maximum atomic E-state index is 12.5. The summed E-state index contributed by atoms with van der Waals surface area (Å²) in [5.74, 6) is 0. The lowest BCUT2D eigenvalue weighted by atomic mass is 10.2. The van der Waals surface area contributed by atoms with E-state index in [4.69, 9.17) is 0 Å². The van der Waals surface area contributed by atoms with E-state index in [0.29, 0.717) is 12.1 Å². The van der Waals surface area contributed by atoms with Crippen LogP contribution in [0.5, 0.6) is 0 Å². The predicted octanol–water partition coefficient (Wildman–Crippen LogP) is 3.07. The fraction of sp³-hybridized carbons (Fsp3) is 0.188. The molecule has 0 aliphatic rings. The Kier molecular flexibility index (Phi) is 4.17. The molecule has 3 rings (SSSR count). The second-order valence-corrected chi connectivity index (χ2v) is 7.22. The van der Waals surface area contributed by atoms with E-state index in [1.54, 1.807) is 22.8 Å². The molecule has 0 aliphatic heterocycles. The van der Waals surface area contributed by atoms with E-state index >= 15 is 0 Å². The molecular formula is C16H16N4O4S. The number of nitro benzene ring substituents is 1. The largest absolute Gasteiger partial charge is 0.331 e. The molecule has 25 heavy (non-hydrogen) atoms. The summed E-state index contributed by atoms with van der Waals surface area (Å²) >= 11 is 0. The molecule has 0 aliphatic carbocycles. The number of aryl methyl sites for hydroxylation is 2. The number of nitrogens with zero attached hydrogens (tertiary/aromatic N) is 3. The Morgan fingerprint density at radius 2 is 1.88 bits per heavy atom. The zero-order valence-corrected chi connectivity index (χ0v) is 14.4. The van der Waals surface area contributed by atoms with Crippen LogP contribution >= 0.6 is 0 Å². The zero-order valence-electron chi connectivity index (χ0n) is 13.6. The number of anilines is 1. The monoisotopic (exact) mass is 360 g/mol. The van der Waals surface area contributed by atoms with Gasteiger partial charge in [-0.05, 0) is 38.1 Å². The highest BCUT2D eigenvalue weighted by molar-refractivity contribution is 7.92. The molecular weight excluding hydrogens is 344 g/mol. The van der Waals surface area contributed by atoms with Crippen LogP contribution in [-0.2, 0) is 16.6 Å². The first-order valence-corrected chi connectivity index (χ1v) is 9.03. The highest BCUT2D eigenvalue weighted by Gasteiger charge is 2.25. The molecule has 1 N–H and O–H groups in total. The summed E-state index contributed by atoms with van der Waals surface area (Å²) in [7, 11) is -3.94. The minimum Gasteiger partial charge on any atom is -0.331 e. The fourth-order valence-corrected chi connectivity index (χ4v) is 3.62. The highest BCUT2D eigenvalue weighted by Crippen LogP contribution is 2.34. The van der Waals surface area contributed by atoms with Gasteiger partial charge in [-0.15, -0.1) is 0 Å². The van der Waals surface area contributed by atoms with E-state index in [0.717, 1.165) is 5.56 Å². The van der Waals surface area contributed by atoms with Crippen molar-refractivity contribution in [2.75, 3.05) is 4.72 Å². The van der Waals surface area contributed by atoms with E-state index in [1.165, 1.54) is 24.5 Å². The number of rotatable bonds is 5. The van der Waals surface area contributed by atoms with Crippen LogP contribution in [0.4, 0.5) is 11.4 Å². The molecule has 9 heteroatoms. The molecule has 3 aromatic rings. The van der Waals surface area contributed by atoms with Crippen molar-refractivity contribution in [3.05, 3.63) is 58.4 Å². The summed E-state index contributed by atoms with van der Waals surface area (Å²) in [6.07, 6.45) is 1.50. The van der Waals surface area contributed by atoms with E-state index in [1.807, 2.05) is 13.8 Å². The Hall–Kier alpha value is -2.94.